The molecule has 4 aliphatic carbocycles. The maximum Gasteiger partial charge on any atom is 0.133 e. The largest absolute Gasteiger partial charge is 0.185 e. The highest BCUT2D eigenvalue weighted by Gasteiger charge is 2.66. The molecule has 0 N–H and O–H groups in total. The molecule has 0 aromatic heterocycles. The lowest BCUT2D eigenvalue weighted by molar-refractivity contribution is -0.0757. The van der Waals surface area contributed by atoms with Crippen molar-refractivity contribution in [3.05, 3.63) is 0 Å². The summed E-state index contributed by atoms with van der Waals surface area (Å²) < 4.78 is 0. The summed E-state index contributed by atoms with van der Waals surface area (Å²) in [7, 11) is 0. The van der Waals surface area contributed by atoms with Crippen molar-refractivity contribution in [1.82, 2.24) is 0 Å². The average molecular weight is 263 g/mol. The number of nitriles is 1. The minimum Gasteiger partial charge on any atom is -0.185 e. The van der Waals surface area contributed by atoms with E-state index in [-0.39, 0.29) is 0 Å². The van der Waals surface area contributed by atoms with Crippen LogP contribution >= 0.6 is 11.8 Å². The predicted molar refractivity (Wildman–Crippen MR) is 77.0 cm³/mol. The van der Waals surface area contributed by atoms with Crippen molar-refractivity contribution in [1.29, 1.82) is 5.26 Å². The first-order chi connectivity index (χ1) is 8.42. The van der Waals surface area contributed by atoms with E-state index in [1.54, 1.807) is 11.8 Å². The molecule has 100 valence electrons. The normalized spacial score (nSPS) is 53.8. The van der Waals surface area contributed by atoms with Gasteiger partial charge >= 0.3 is 0 Å². The first-order valence-electron chi connectivity index (χ1n) is 7.47. The van der Waals surface area contributed by atoms with E-state index in [1.807, 2.05) is 0 Å². The molecule has 4 bridgehead atoms. The number of thioether (sulfide) groups is 1. The van der Waals surface area contributed by atoms with E-state index >= 15 is 0 Å². The Hall–Kier alpha value is -0.160. The van der Waals surface area contributed by atoms with Crippen molar-refractivity contribution in [3.8, 4) is 5.40 Å². The molecular formula is C16H25NS. The lowest BCUT2D eigenvalue weighted by Gasteiger charge is -2.61. The fraction of sp³-hybridized carbons (Fsp3) is 0.938. The highest BCUT2D eigenvalue weighted by Crippen LogP contribution is 2.72. The van der Waals surface area contributed by atoms with Crippen LogP contribution in [0, 0.1) is 45.2 Å². The molecule has 1 unspecified atom stereocenters. The highest BCUT2D eigenvalue weighted by molar-refractivity contribution is 8.04. The van der Waals surface area contributed by atoms with E-state index in [0.29, 0.717) is 16.1 Å². The lowest BCUT2D eigenvalue weighted by Crippen LogP contribution is -2.57. The van der Waals surface area contributed by atoms with E-state index in [1.165, 1.54) is 25.7 Å². The third-order valence-corrected chi connectivity index (χ3v) is 7.95. The summed E-state index contributed by atoms with van der Waals surface area (Å²) in [6.07, 6.45) is 5.57. The van der Waals surface area contributed by atoms with Crippen molar-refractivity contribution in [2.75, 3.05) is 0 Å². The average Bonchev–Trinajstić information content (AvgIpc) is 2.52. The molecule has 0 radical (unpaired) electrons. The van der Waals surface area contributed by atoms with Crippen LogP contribution in [0.1, 0.15) is 53.4 Å². The number of rotatable bonds is 2. The molecule has 18 heavy (non-hydrogen) atoms. The standard InChI is InChI=1S/C16H25NS/c1-10(2)11-7-13-15(3)5-6-16(13,4)14(18-9-17)12(11)8-15/h10-14H,5-8H2,1-4H3/t11?,12-,13-,14+,15+,16+/m0/s1. The van der Waals surface area contributed by atoms with Gasteiger partial charge in [0.25, 0.3) is 0 Å². The minimum atomic E-state index is 0.448. The Morgan fingerprint density at radius 2 is 2.00 bits per heavy atom. The number of nitrogens with zero attached hydrogens (tertiary/aromatic N) is 1. The second-order valence-electron chi connectivity index (χ2n) is 7.85. The smallest absolute Gasteiger partial charge is 0.133 e. The monoisotopic (exact) mass is 263 g/mol. The van der Waals surface area contributed by atoms with Gasteiger partial charge in [-0.05, 0) is 71.9 Å². The van der Waals surface area contributed by atoms with Crippen molar-refractivity contribution >= 4 is 11.8 Å². The Balaban J connectivity index is 2.00. The molecule has 0 aliphatic heterocycles. The second kappa shape index (κ2) is 3.92. The third-order valence-electron chi connectivity index (χ3n) is 6.71. The molecular weight excluding hydrogens is 238 g/mol. The molecule has 4 aliphatic rings. The fourth-order valence-electron chi connectivity index (χ4n) is 5.84. The zero-order valence-corrected chi connectivity index (χ0v) is 12.9. The number of hydrogen-bond acceptors (Lipinski definition) is 2. The lowest BCUT2D eigenvalue weighted by atomic mass is 9.47. The number of thiocyanates is 1. The van der Waals surface area contributed by atoms with E-state index in [4.69, 9.17) is 0 Å². The number of fused-ring (bicyclic) bond motifs is 1. The van der Waals surface area contributed by atoms with Crippen LogP contribution in [0.25, 0.3) is 0 Å². The van der Waals surface area contributed by atoms with Crippen LogP contribution in [0.4, 0.5) is 0 Å². The molecule has 4 saturated carbocycles. The first-order valence-corrected chi connectivity index (χ1v) is 8.35. The van der Waals surface area contributed by atoms with Crippen LogP contribution in [0.15, 0.2) is 0 Å². The molecule has 4 rings (SSSR count). The van der Waals surface area contributed by atoms with E-state index in [9.17, 15) is 5.26 Å². The third kappa shape index (κ3) is 1.46. The van der Waals surface area contributed by atoms with Crippen molar-refractivity contribution in [2.24, 2.45) is 34.5 Å². The maximum atomic E-state index is 9.19. The van der Waals surface area contributed by atoms with E-state index in [0.717, 1.165) is 23.7 Å². The van der Waals surface area contributed by atoms with Crippen LogP contribution in [0.2, 0.25) is 0 Å². The SMILES string of the molecule is CC(C)C1C[C@H]2[C@]3(C)CC[C@@]2(C)[C@H](SC#N)[C@H]1C3. The first kappa shape index (κ1) is 12.9. The summed E-state index contributed by atoms with van der Waals surface area (Å²) in [4.78, 5) is 0. The van der Waals surface area contributed by atoms with Gasteiger partial charge in [0.15, 0.2) is 0 Å². The molecule has 6 atom stereocenters. The second-order valence-corrected chi connectivity index (χ2v) is 8.78. The van der Waals surface area contributed by atoms with Crippen LogP contribution in [0.5, 0.6) is 0 Å². The van der Waals surface area contributed by atoms with Gasteiger partial charge in [0.2, 0.25) is 0 Å². The molecule has 0 saturated heterocycles. The van der Waals surface area contributed by atoms with Gasteiger partial charge in [-0.15, -0.1) is 0 Å². The zero-order chi connectivity index (χ0) is 13.1. The van der Waals surface area contributed by atoms with Crippen LogP contribution in [-0.4, -0.2) is 5.25 Å². The minimum absolute atomic E-state index is 0.448. The molecule has 0 amide bonds. The van der Waals surface area contributed by atoms with Gasteiger partial charge in [0.05, 0.1) is 0 Å². The maximum absolute atomic E-state index is 9.19. The van der Waals surface area contributed by atoms with Crippen molar-refractivity contribution in [2.45, 2.75) is 58.6 Å². The fourth-order valence-corrected chi connectivity index (χ4v) is 6.98. The van der Waals surface area contributed by atoms with Gasteiger partial charge in [-0.25, -0.2) is 0 Å². The summed E-state index contributed by atoms with van der Waals surface area (Å²) in [6.45, 7) is 9.78. The van der Waals surface area contributed by atoms with Crippen LogP contribution < -0.4 is 0 Å². The predicted octanol–water partition coefficient (Wildman–Crippen LogP) is 4.69. The molecule has 1 nitrogen and oxygen atoms in total. The molecule has 2 heteroatoms. The van der Waals surface area contributed by atoms with E-state index < -0.39 is 0 Å². The van der Waals surface area contributed by atoms with E-state index in [2.05, 4.69) is 33.1 Å². The van der Waals surface area contributed by atoms with Crippen LogP contribution in [-0.2, 0) is 0 Å². The Kier molecular flexibility index (Phi) is 2.80. The molecule has 0 aromatic carbocycles. The summed E-state index contributed by atoms with van der Waals surface area (Å²) in [5, 5.41) is 12.2. The van der Waals surface area contributed by atoms with Gasteiger partial charge in [-0.3, -0.25) is 0 Å². The van der Waals surface area contributed by atoms with Crippen molar-refractivity contribution in [3.63, 3.8) is 0 Å². The Morgan fingerprint density at radius 1 is 1.28 bits per heavy atom. The Morgan fingerprint density at radius 3 is 2.61 bits per heavy atom. The summed E-state index contributed by atoms with van der Waals surface area (Å²) >= 11 is 1.60. The highest BCUT2D eigenvalue weighted by atomic mass is 32.2. The molecule has 0 spiro atoms. The zero-order valence-electron chi connectivity index (χ0n) is 12.1. The topological polar surface area (TPSA) is 23.8 Å². The Bertz CT molecular complexity index is 398. The van der Waals surface area contributed by atoms with Gasteiger partial charge in [-0.2, -0.15) is 5.26 Å². The van der Waals surface area contributed by atoms with Gasteiger partial charge in [0.1, 0.15) is 5.40 Å². The summed E-state index contributed by atoms with van der Waals surface area (Å²) in [5.74, 6) is 3.30. The number of hydrogen-bond donors (Lipinski definition) is 0. The quantitative estimate of drug-likeness (QED) is 0.675. The van der Waals surface area contributed by atoms with Gasteiger partial charge < -0.3 is 0 Å². The molecule has 0 aromatic rings. The molecule has 0 heterocycles. The van der Waals surface area contributed by atoms with Crippen LogP contribution in [0.3, 0.4) is 0 Å². The van der Waals surface area contributed by atoms with Gasteiger partial charge in [-0.1, -0.05) is 27.7 Å². The summed E-state index contributed by atoms with van der Waals surface area (Å²) in [6, 6.07) is 0. The Labute approximate surface area is 116 Å². The van der Waals surface area contributed by atoms with Gasteiger partial charge in [0, 0.05) is 5.25 Å². The molecule has 4 fully saturated rings. The summed E-state index contributed by atoms with van der Waals surface area (Å²) in [5.41, 5.74) is 1.04. The van der Waals surface area contributed by atoms with Crippen molar-refractivity contribution < 1.29 is 0 Å².